The van der Waals surface area contributed by atoms with Crippen LogP contribution >= 0.6 is 0 Å². The van der Waals surface area contributed by atoms with E-state index in [-0.39, 0.29) is 0 Å². The molecule has 56 valence electrons. The molecule has 0 aliphatic rings. The maximum Gasteiger partial charge on any atom is 0.0400 e. The zero-order valence-electron chi connectivity index (χ0n) is 6.80. The molecule has 0 bridgehead atoms. The van der Waals surface area contributed by atoms with E-state index in [9.17, 15) is 0 Å². The molecule has 0 aliphatic heterocycles. The summed E-state index contributed by atoms with van der Waals surface area (Å²) in [6.07, 6.45) is 4.32. The van der Waals surface area contributed by atoms with E-state index in [4.69, 9.17) is 0 Å². The normalized spacial score (nSPS) is 11.7. The molecule has 0 aromatic carbocycles. The van der Waals surface area contributed by atoms with Crippen LogP contribution < -0.4 is 0 Å². The van der Waals surface area contributed by atoms with Gasteiger partial charge in [-0.2, -0.15) is 0 Å². The molecule has 0 rings (SSSR count). The highest BCUT2D eigenvalue weighted by atomic mass is 14.7. The van der Waals surface area contributed by atoms with Crippen molar-refractivity contribution in [2.24, 2.45) is 10.9 Å². The van der Waals surface area contributed by atoms with Gasteiger partial charge in [0, 0.05) is 11.9 Å². The fraction of sp³-hybridized carbons (Fsp3) is 0.444. The molecule has 0 saturated heterocycles. The Kier molecular flexibility index (Phi) is 4.55. The fourth-order valence-electron chi connectivity index (χ4n) is 0.724. The van der Waals surface area contributed by atoms with Crippen molar-refractivity contribution in [2.75, 3.05) is 0 Å². The van der Waals surface area contributed by atoms with Crippen LogP contribution in [0.2, 0.25) is 0 Å². The first-order valence-corrected chi connectivity index (χ1v) is 3.50. The second kappa shape index (κ2) is 4.98. The van der Waals surface area contributed by atoms with Crippen molar-refractivity contribution in [3.8, 4) is 0 Å². The summed E-state index contributed by atoms with van der Waals surface area (Å²) in [5.74, 6) is 0.636. The molecule has 1 heteroatoms. The Morgan fingerprint density at radius 1 is 1.50 bits per heavy atom. The Balaban J connectivity index is 3.95. The highest BCUT2D eigenvalue weighted by molar-refractivity contribution is 5.94. The second-order valence-corrected chi connectivity index (χ2v) is 2.61. The number of rotatable bonds is 4. The molecule has 0 aliphatic carbocycles. The van der Waals surface area contributed by atoms with Crippen LogP contribution in [-0.4, -0.2) is 5.71 Å². The third-order valence-electron chi connectivity index (χ3n) is 1.11. The lowest BCUT2D eigenvalue weighted by molar-refractivity contribution is 0.685. The maximum atomic E-state index is 4.05. The SMILES string of the molecule is C=C/N=C(\C=C)CC(C)C. The van der Waals surface area contributed by atoms with Crippen LogP contribution in [0.5, 0.6) is 0 Å². The van der Waals surface area contributed by atoms with Crippen molar-refractivity contribution in [1.29, 1.82) is 0 Å². The number of nitrogens with zero attached hydrogens (tertiary/aromatic N) is 1. The quantitative estimate of drug-likeness (QED) is 0.528. The van der Waals surface area contributed by atoms with Gasteiger partial charge >= 0.3 is 0 Å². The van der Waals surface area contributed by atoms with Gasteiger partial charge in [-0.25, -0.2) is 0 Å². The molecule has 0 amide bonds. The summed E-state index contributed by atoms with van der Waals surface area (Å²) in [6, 6.07) is 0. The minimum atomic E-state index is 0.636. The molecule has 0 atom stereocenters. The number of allylic oxidation sites excluding steroid dienone is 1. The van der Waals surface area contributed by atoms with E-state index in [1.807, 2.05) is 0 Å². The summed E-state index contributed by atoms with van der Waals surface area (Å²) in [4.78, 5) is 4.05. The average molecular weight is 137 g/mol. The molecular weight excluding hydrogens is 122 g/mol. The van der Waals surface area contributed by atoms with Crippen LogP contribution in [0.4, 0.5) is 0 Å². The molecule has 0 aromatic heterocycles. The minimum absolute atomic E-state index is 0.636. The first kappa shape index (κ1) is 9.15. The average Bonchev–Trinajstić information content (AvgIpc) is 1.86. The Labute approximate surface area is 63.2 Å². The van der Waals surface area contributed by atoms with Crippen LogP contribution in [0.25, 0.3) is 0 Å². The van der Waals surface area contributed by atoms with Gasteiger partial charge in [-0.1, -0.05) is 27.0 Å². The first-order chi connectivity index (χ1) is 4.70. The molecule has 0 heterocycles. The predicted octanol–water partition coefficient (Wildman–Crippen LogP) is 2.80. The maximum absolute atomic E-state index is 4.05. The summed E-state index contributed by atoms with van der Waals surface area (Å²) in [5, 5.41) is 0. The van der Waals surface area contributed by atoms with Crippen LogP contribution in [0.15, 0.2) is 30.4 Å². The molecule has 10 heavy (non-hydrogen) atoms. The van der Waals surface area contributed by atoms with Crippen molar-refractivity contribution in [2.45, 2.75) is 20.3 Å². The second-order valence-electron chi connectivity index (χ2n) is 2.61. The van der Waals surface area contributed by atoms with E-state index in [0.717, 1.165) is 12.1 Å². The molecule has 0 saturated carbocycles. The van der Waals surface area contributed by atoms with Crippen molar-refractivity contribution in [1.82, 2.24) is 0 Å². The third-order valence-corrected chi connectivity index (χ3v) is 1.11. The summed E-state index contributed by atoms with van der Waals surface area (Å²) < 4.78 is 0. The lowest BCUT2D eigenvalue weighted by atomic mass is 10.1. The van der Waals surface area contributed by atoms with Crippen molar-refractivity contribution < 1.29 is 0 Å². The van der Waals surface area contributed by atoms with E-state index in [2.05, 4.69) is 32.0 Å². The molecule has 0 radical (unpaired) electrons. The molecule has 0 unspecified atom stereocenters. The zero-order valence-corrected chi connectivity index (χ0v) is 6.80. The van der Waals surface area contributed by atoms with E-state index < -0.39 is 0 Å². The van der Waals surface area contributed by atoms with Gasteiger partial charge in [0.05, 0.1) is 0 Å². The largest absolute Gasteiger partial charge is 0.262 e. The Bertz CT molecular complexity index is 143. The van der Waals surface area contributed by atoms with E-state index >= 15 is 0 Å². The van der Waals surface area contributed by atoms with Crippen molar-refractivity contribution in [3.63, 3.8) is 0 Å². The number of hydrogen-bond acceptors (Lipinski definition) is 1. The lowest BCUT2D eigenvalue weighted by Gasteiger charge is -2.01. The topological polar surface area (TPSA) is 12.4 Å². The molecular formula is C9H15N. The fourth-order valence-corrected chi connectivity index (χ4v) is 0.724. The van der Waals surface area contributed by atoms with Gasteiger partial charge in [-0.05, 0) is 18.4 Å². The summed E-state index contributed by atoms with van der Waals surface area (Å²) in [7, 11) is 0. The van der Waals surface area contributed by atoms with Gasteiger partial charge < -0.3 is 0 Å². The van der Waals surface area contributed by atoms with Gasteiger partial charge in [-0.3, -0.25) is 4.99 Å². The van der Waals surface area contributed by atoms with E-state index in [0.29, 0.717) is 5.92 Å². The molecule has 0 spiro atoms. The highest BCUT2D eigenvalue weighted by Gasteiger charge is 1.96. The van der Waals surface area contributed by atoms with Gasteiger partial charge in [0.1, 0.15) is 0 Å². The number of aliphatic imine (C=N–C) groups is 1. The monoisotopic (exact) mass is 137 g/mol. The van der Waals surface area contributed by atoms with Crippen LogP contribution in [-0.2, 0) is 0 Å². The highest BCUT2D eigenvalue weighted by Crippen LogP contribution is 2.02. The molecule has 1 nitrogen and oxygen atoms in total. The van der Waals surface area contributed by atoms with Crippen LogP contribution in [0.1, 0.15) is 20.3 Å². The molecule has 0 aromatic rings. The van der Waals surface area contributed by atoms with Gasteiger partial charge in [0.25, 0.3) is 0 Å². The smallest absolute Gasteiger partial charge is 0.0400 e. The predicted molar refractivity (Wildman–Crippen MR) is 47.3 cm³/mol. The first-order valence-electron chi connectivity index (χ1n) is 3.50. The molecule has 0 N–H and O–H groups in total. The van der Waals surface area contributed by atoms with Crippen molar-refractivity contribution >= 4 is 5.71 Å². The third kappa shape index (κ3) is 4.07. The van der Waals surface area contributed by atoms with Crippen LogP contribution in [0, 0.1) is 5.92 Å². The summed E-state index contributed by atoms with van der Waals surface area (Å²) in [5.41, 5.74) is 1.02. The van der Waals surface area contributed by atoms with Gasteiger partial charge in [0.15, 0.2) is 0 Å². The van der Waals surface area contributed by atoms with Gasteiger partial charge in [0.2, 0.25) is 0 Å². The Morgan fingerprint density at radius 3 is 2.40 bits per heavy atom. The number of hydrogen-bond donors (Lipinski definition) is 0. The van der Waals surface area contributed by atoms with E-state index in [1.54, 1.807) is 12.3 Å². The minimum Gasteiger partial charge on any atom is -0.262 e. The zero-order chi connectivity index (χ0) is 7.98. The van der Waals surface area contributed by atoms with Gasteiger partial charge in [-0.15, -0.1) is 0 Å². The summed E-state index contributed by atoms with van der Waals surface area (Å²) in [6.45, 7) is 11.5. The van der Waals surface area contributed by atoms with Crippen molar-refractivity contribution in [3.05, 3.63) is 25.4 Å². The summed E-state index contributed by atoms with van der Waals surface area (Å²) >= 11 is 0. The Morgan fingerprint density at radius 2 is 2.10 bits per heavy atom. The Hall–Kier alpha value is -0.850. The molecule has 0 fully saturated rings. The standard InChI is InChI=1S/C9H15N/c1-5-9(10-6-2)7-8(3)4/h5-6,8H,1-2,7H2,3-4H3/b10-9+. The van der Waals surface area contributed by atoms with Crippen LogP contribution in [0.3, 0.4) is 0 Å². The lowest BCUT2D eigenvalue weighted by Crippen LogP contribution is -1.98. The van der Waals surface area contributed by atoms with E-state index in [1.165, 1.54) is 0 Å².